The molecule has 0 saturated heterocycles. The van der Waals surface area contributed by atoms with Crippen LogP contribution in [0.3, 0.4) is 0 Å². The number of H-pyrrole nitrogens is 2. The average Bonchev–Trinajstić information content (AvgIpc) is 3.14. The number of hydrogen-bond acceptors (Lipinski definition) is 3. The van der Waals surface area contributed by atoms with Crippen molar-refractivity contribution < 1.29 is 4.74 Å². The van der Waals surface area contributed by atoms with Crippen LogP contribution in [0.2, 0.25) is 0 Å². The van der Waals surface area contributed by atoms with E-state index in [0.717, 1.165) is 46.5 Å². The van der Waals surface area contributed by atoms with Crippen molar-refractivity contribution in [2.45, 2.75) is 33.1 Å². The van der Waals surface area contributed by atoms with Gasteiger partial charge in [-0.2, -0.15) is 5.10 Å². The van der Waals surface area contributed by atoms with Gasteiger partial charge in [-0.15, -0.1) is 0 Å². The van der Waals surface area contributed by atoms with E-state index in [4.69, 9.17) is 9.72 Å². The molecule has 0 spiro atoms. The molecule has 0 saturated carbocycles. The third-order valence-corrected chi connectivity index (χ3v) is 5.01. The Bertz CT molecular complexity index is 880. The maximum Gasteiger partial charge on any atom is 0.159 e. The van der Waals surface area contributed by atoms with Gasteiger partial charge in [0, 0.05) is 22.7 Å². The summed E-state index contributed by atoms with van der Waals surface area (Å²) in [6, 6.07) is 5.94. The Morgan fingerprint density at radius 3 is 3.04 bits per heavy atom. The second kappa shape index (κ2) is 5.92. The summed E-state index contributed by atoms with van der Waals surface area (Å²) in [6.07, 6.45) is 3.27. The Morgan fingerprint density at radius 2 is 2.21 bits per heavy atom. The molecule has 2 aromatic heterocycles. The van der Waals surface area contributed by atoms with Crippen molar-refractivity contribution in [3.8, 4) is 17.3 Å². The number of aromatic amines is 2. The number of halogens is 1. The molecule has 0 unspecified atom stereocenters. The van der Waals surface area contributed by atoms with E-state index >= 15 is 0 Å². The maximum atomic E-state index is 5.66. The van der Waals surface area contributed by atoms with Crippen LogP contribution in [-0.4, -0.2) is 32.1 Å². The Hall–Kier alpha value is -1.82. The number of hydrogen-bond donors (Lipinski definition) is 2. The summed E-state index contributed by atoms with van der Waals surface area (Å²) >= 11 is 3.37. The molecule has 0 aliphatic heterocycles. The highest BCUT2D eigenvalue weighted by Gasteiger charge is 2.29. The van der Waals surface area contributed by atoms with Crippen LogP contribution in [0.25, 0.3) is 22.6 Å². The first kappa shape index (κ1) is 15.7. The molecule has 1 aliphatic rings. The van der Waals surface area contributed by atoms with Crippen molar-refractivity contribution in [2.75, 3.05) is 11.9 Å². The minimum Gasteiger partial charge on any atom is -0.493 e. The van der Waals surface area contributed by atoms with Gasteiger partial charge in [0.2, 0.25) is 0 Å². The second-order valence-electron chi connectivity index (χ2n) is 7.17. The molecule has 2 heterocycles. The van der Waals surface area contributed by atoms with Crippen molar-refractivity contribution in [3.63, 3.8) is 0 Å². The summed E-state index contributed by atoms with van der Waals surface area (Å²) < 4.78 is 5.66. The molecule has 6 heteroatoms. The Labute approximate surface area is 149 Å². The van der Waals surface area contributed by atoms with Gasteiger partial charge in [-0.25, -0.2) is 4.98 Å². The first-order chi connectivity index (χ1) is 11.6. The van der Waals surface area contributed by atoms with Crippen molar-refractivity contribution >= 4 is 27.0 Å². The molecule has 0 radical (unpaired) electrons. The number of aromatic nitrogens is 4. The fraction of sp³-hybridized carbons (Fsp3) is 0.444. The summed E-state index contributed by atoms with van der Waals surface area (Å²) in [5.74, 6) is 1.68. The van der Waals surface area contributed by atoms with Gasteiger partial charge in [-0.3, -0.25) is 5.10 Å². The highest BCUT2D eigenvalue weighted by molar-refractivity contribution is 9.09. The lowest BCUT2D eigenvalue weighted by molar-refractivity contribution is 0.312. The summed E-state index contributed by atoms with van der Waals surface area (Å²) in [7, 11) is 0. The highest BCUT2D eigenvalue weighted by atomic mass is 79.9. The molecule has 3 aromatic rings. The molecule has 4 rings (SSSR count). The number of alkyl halides is 1. The van der Waals surface area contributed by atoms with Crippen LogP contribution < -0.4 is 4.74 Å². The molecular formula is C18H21BrN4O. The zero-order valence-corrected chi connectivity index (χ0v) is 15.5. The van der Waals surface area contributed by atoms with Crippen LogP contribution in [0.5, 0.6) is 5.75 Å². The van der Waals surface area contributed by atoms with Crippen molar-refractivity contribution in [1.29, 1.82) is 0 Å². The van der Waals surface area contributed by atoms with Gasteiger partial charge in [-0.05, 0) is 36.8 Å². The van der Waals surface area contributed by atoms with Crippen molar-refractivity contribution in [1.82, 2.24) is 20.2 Å². The van der Waals surface area contributed by atoms with E-state index in [-0.39, 0.29) is 0 Å². The van der Waals surface area contributed by atoms with Gasteiger partial charge in [-0.1, -0.05) is 29.8 Å². The summed E-state index contributed by atoms with van der Waals surface area (Å²) in [5, 5.41) is 8.58. The van der Waals surface area contributed by atoms with Gasteiger partial charge in [0.1, 0.15) is 11.4 Å². The zero-order valence-electron chi connectivity index (χ0n) is 13.9. The fourth-order valence-corrected chi connectivity index (χ4v) is 3.55. The quantitative estimate of drug-likeness (QED) is 0.656. The number of benzene rings is 1. The van der Waals surface area contributed by atoms with Crippen molar-refractivity contribution in [3.05, 3.63) is 29.5 Å². The lowest BCUT2D eigenvalue weighted by atomic mass is 9.76. The smallest absolute Gasteiger partial charge is 0.159 e. The first-order valence-corrected chi connectivity index (χ1v) is 9.43. The molecule has 126 valence electrons. The van der Waals surface area contributed by atoms with E-state index in [1.807, 2.05) is 18.2 Å². The Morgan fingerprint density at radius 1 is 1.33 bits per heavy atom. The molecule has 2 N–H and O–H groups in total. The minimum atomic E-state index is 0.340. The van der Waals surface area contributed by atoms with Crippen LogP contribution in [0.4, 0.5) is 0 Å². The van der Waals surface area contributed by atoms with Crippen LogP contribution in [0.1, 0.15) is 31.5 Å². The molecule has 1 aromatic carbocycles. The topological polar surface area (TPSA) is 66.6 Å². The largest absolute Gasteiger partial charge is 0.493 e. The van der Waals surface area contributed by atoms with E-state index in [1.165, 1.54) is 17.7 Å². The number of nitrogens with one attached hydrogen (secondary N) is 2. The molecule has 24 heavy (non-hydrogen) atoms. The summed E-state index contributed by atoms with van der Waals surface area (Å²) in [4.78, 5) is 8.12. The number of fused-ring (bicyclic) bond motifs is 2. The van der Waals surface area contributed by atoms with E-state index < -0.39 is 0 Å². The van der Waals surface area contributed by atoms with Gasteiger partial charge >= 0.3 is 0 Å². The maximum absolute atomic E-state index is 5.66. The number of rotatable bonds is 4. The Balaban J connectivity index is 1.69. The number of nitrogens with zero attached hydrogens (tertiary/aromatic N) is 2. The number of ether oxygens (including phenoxy) is 1. The average molecular weight is 389 g/mol. The van der Waals surface area contributed by atoms with Gasteiger partial charge in [0.15, 0.2) is 5.82 Å². The molecule has 0 atom stereocenters. The van der Waals surface area contributed by atoms with Crippen LogP contribution >= 0.6 is 15.9 Å². The number of imidazole rings is 1. The van der Waals surface area contributed by atoms with E-state index in [1.54, 1.807) is 0 Å². The van der Waals surface area contributed by atoms with Gasteiger partial charge in [0.05, 0.1) is 17.6 Å². The normalized spacial score (nSPS) is 16.3. The Kier molecular flexibility index (Phi) is 3.87. The van der Waals surface area contributed by atoms with Crippen LogP contribution in [0, 0.1) is 5.41 Å². The predicted molar refractivity (Wildman–Crippen MR) is 98.8 cm³/mol. The van der Waals surface area contributed by atoms with E-state index in [0.29, 0.717) is 12.0 Å². The molecule has 1 aliphatic carbocycles. The van der Waals surface area contributed by atoms with E-state index in [9.17, 15) is 0 Å². The fourth-order valence-electron chi connectivity index (χ4n) is 3.39. The highest BCUT2D eigenvalue weighted by Crippen LogP contribution is 2.37. The summed E-state index contributed by atoms with van der Waals surface area (Å²) in [6.45, 7) is 5.27. The van der Waals surface area contributed by atoms with E-state index in [2.05, 4.69) is 45.0 Å². The van der Waals surface area contributed by atoms with Gasteiger partial charge in [0.25, 0.3) is 0 Å². The van der Waals surface area contributed by atoms with Crippen molar-refractivity contribution in [2.24, 2.45) is 5.41 Å². The predicted octanol–water partition coefficient (Wildman–Crippen LogP) is 4.24. The van der Waals surface area contributed by atoms with Crippen LogP contribution in [-0.2, 0) is 12.8 Å². The van der Waals surface area contributed by atoms with Crippen LogP contribution in [0.15, 0.2) is 18.2 Å². The third kappa shape index (κ3) is 2.83. The second-order valence-corrected chi connectivity index (χ2v) is 7.97. The minimum absolute atomic E-state index is 0.340. The standard InChI is InChI=1S/C18H21BrN4O/c1-18(2)6-5-12-15(10-18)22-23-16(12)17-20-13-4-3-11(24-8-7-19)9-14(13)21-17/h3-4,9H,5-8,10H2,1-2H3,(H,20,21)(H,22,23). The lowest BCUT2D eigenvalue weighted by Gasteiger charge is -2.28. The lowest BCUT2D eigenvalue weighted by Crippen LogP contribution is -2.21. The zero-order chi connectivity index (χ0) is 16.7. The third-order valence-electron chi connectivity index (χ3n) is 4.68. The molecular weight excluding hydrogens is 368 g/mol. The monoisotopic (exact) mass is 388 g/mol. The molecule has 0 amide bonds. The summed E-state index contributed by atoms with van der Waals surface area (Å²) in [5.41, 5.74) is 5.77. The van der Waals surface area contributed by atoms with Gasteiger partial charge < -0.3 is 9.72 Å². The SMILES string of the molecule is CC1(C)CCc2c(-c3nc4ccc(OCCBr)cc4[nH]3)n[nH]c2C1. The molecule has 5 nitrogen and oxygen atoms in total. The molecule has 0 bridgehead atoms. The first-order valence-electron chi connectivity index (χ1n) is 8.31. The molecule has 0 fully saturated rings.